The fourth-order valence-corrected chi connectivity index (χ4v) is 3.45. The minimum absolute atomic E-state index is 0.519. The molecule has 3 N–H and O–H groups in total. The van der Waals surface area contributed by atoms with Gasteiger partial charge in [0.05, 0.1) is 5.69 Å². The van der Waals surface area contributed by atoms with Crippen LogP contribution < -0.4 is 10.6 Å². The number of fused-ring (bicyclic) bond motifs is 1. The van der Waals surface area contributed by atoms with Crippen LogP contribution in [0.1, 0.15) is 26.2 Å². The van der Waals surface area contributed by atoms with E-state index in [-0.39, 0.29) is 0 Å². The third-order valence-electron chi connectivity index (χ3n) is 4.73. The first-order valence-corrected chi connectivity index (χ1v) is 9.01. The van der Waals surface area contributed by atoms with Crippen molar-refractivity contribution in [2.75, 3.05) is 31.5 Å². The van der Waals surface area contributed by atoms with Crippen LogP contribution in [0.5, 0.6) is 0 Å². The molecule has 0 radical (unpaired) electrons. The Morgan fingerprint density at radius 3 is 3.00 bits per heavy atom. The molecule has 1 saturated heterocycles. The van der Waals surface area contributed by atoms with Gasteiger partial charge in [0, 0.05) is 30.2 Å². The van der Waals surface area contributed by atoms with E-state index in [0.29, 0.717) is 12.2 Å². The first-order chi connectivity index (χ1) is 12.1. The number of nitrogens with zero attached hydrogens (tertiary/aromatic N) is 1. The molecule has 1 atom stereocenters. The number of H-pyrrole nitrogens is 1. The fraction of sp³-hybridized carbons (Fsp3) is 0.474. The van der Waals surface area contributed by atoms with Gasteiger partial charge in [-0.15, -0.1) is 0 Å². The molecular formula is C19H26N4O2. The number of aromatic amines is 1. The van der Waals surface area contributed by atoms with Gasteiger partial charge in [0.15, 0.2) is 0 Å². The molecule has 0 unspecified atom stereocenters. The van der Waals surface area contributed by atoms with Gasteiger partial charge in [-0.05, 0) is 56.5 Å². The predicted octanol–water partition coefficient (Wildman–Crippen LogP) is 2.34. The maximum Gasteiger partial charge on any atom is 0.313 e. The second-order valence-electron chi connectivity index (χ2n) is 6.86. The Kier molecular flexibility index (Phi) is 5.71. The SMILES string of the molecule is C[C@@H]1CCCN(CCCNC(=O)C(=O)Nc2cccc3[nH]ccc23)C1. The van der Waals surface area contributed by atoms with Crippen molar-refractivity contribution in [2.24, 2.45) is 5.92 Å². The van der Waals surface area contributed by atoms with Crippen molar-refractivity contribution in [1.29, 1.82) is 0 Å². The van der Waals surface area contributed by atoms with E-state index in [9.17, 15) is 9.59 Å². The molecule has 1 fully saturated rings. The van der Waals surface area contributed by atoms with Crippen LogP contribution in [0.15, 0.2) is 30.5 Å². The molecule has 2 heterocycles. The zero-order chi connectivity index (χ0) is 17.6. The van der Waals surface area contributed by atoms with E-state index >= 15 is 0 Å². The highest BCUT2D eigenvalue weighted by Crippen LogP contribution is 2.21. The van der Waals surface area contributed by atoms with Crippen molar-refractivity contribution in [3.63, 3.8) is 0 Å². The van der Waals surface area contributed by atoms with E-state index < -0.39 is 11.8 Å². The van der Waals surface area contributed by atoms with Gasteiger partial charge in [-0.1, -0.05) is 13.0 Å². The highest BCUT2D eigenvalue weighted by Gasteiger charge is 2.17. The molecule has 3 rings (SSSR count). The highest BCUT2D eigenvalue weighted by atomic mass is 16.2. The Hall–Kier alpha value is -2.34. The number of piperidine rings is 1. The molecule has 1 aromatic heterocycles. The average molecular weight is 342 g/mol. The molecule has 0 saturated carbocycles. The van der Waals surface area contributed by atoms with Crippen molar-refractivity contribution in [3.05, 3.63) is 30.5 Å². The maximum absolute atomic E-state index is 12.1. The molecule has 6 nitrogen and oxygen atoms in total. The quantitative estimate of drug-likeness (QED) is 0.576. The van der Waals surface area contributed by atoms with E-state index in [0.717, 1.165) is 42.9 Å². The number of rotatable bonds is 5. The van der Waals surface area contributed by atoms with Crippen molar-refractivity contribution in [1.82, 2.24) is 15.2 Å². The number of anilines is 1. The molecule has 1 aliphatic heterocycles. The second kappa shape index (κ2) is 8.16. The first kappa shape index (κ1) is 17.5. The molecule has 0 bridgehead atoms. The highest BCUT2D eigenvalue weighted by molar-refractivity contribution is 6.40. The predicted molar refractivity (Wildman–Crippen MR) is 99.4 cm³/mol. The summed E-state index contributed by atoms with van der Waals surface area (Å²) < 4.78 is 0. The first-order valence-electron chi connectivity index (χ1n) is 9.01. The van der Waals surface area contributed by atoms with E-state index in [1.54, 1.807) is 6.07 Å². The average Bonchev–Trinajstić information content (AvgIpc) is 3.08. The third-order valence-corrected chi connectivity index (χ3v) is 4.73. The van der Waals surface area contributed by atoms with Gasteiger partial charge in [-0.3, -0.25) is 9.59 Å². The Morgan fingerprint density at radius 1 is 1.28 bits per heavy atom. The molecule has 2 aromatic rings. The summed E-state index contributed by atoms with van der Waals surface area (Å²) >= 11 is 0. The number of carbonyl (C=O) groups is 2. The van der Waals surface area contributed by atoms with Gasteiger partial charge in [0.1, 0.15) is 0 Å². The number of carbonyl (C=O) groups excluding carboxylic acids is 2. The summed E-state index contributed by atoms with van der Waals surface area (Å²) in [5.74, 6) is -0.454. The number of amides is 2. The third kappa shape index (κ3) is 4.60. The van der Waals surface area contributed by atoms with Crippen LogP contribution in [0.2, 0.25) is 0 Å². The van der Waals surface area contributed by atoms with Gasteiger partial charge in [-0.2, -0.15) is 0 Å². The second-order valence-corrected chi connectivity index (χ2v) is 6.86. The van der Waals surface area contributed by atoms with Gasteiger partial charge >= 0.3 is 11.8 Å². The zero-order valence-electron chi connectivity index (χ0n) is 14.7. The molecule has 25 heavy (non-hydrogen) atoms. The summed E-state index contributed by atoms with van der Waals surface area (Å²) in [6.07, 6.45) is 5.23. The smallest absolute Gasteiger partial charge is 0.313 e. The van der Waals surface area contributed by atoms with Crippen molar-refractivity contribution in [3.8, 4) is 0 Å². The summed E-state index contributed by atoms with van der Waals surface area (Å²) in [5.41, 5.74) is 1.56. The number of likely N-dealkylation sites (tertiary alicyclic amines) is 1. The van der Waals surface area contributed by atoms with Crippen LogP contribution in [0.25, 0.3) is 10.9 Å². The molecule has 0 spiro atoms. The largest absolute Gasteiger partial charge is 0.361 e. The summed E-state index contributed by atoms with van der Waals surface area (Å²) in [6, 6.07) is 7.43. The van der Waals surface area contributed by atoms with E-state index in [2.05, 4.69) is 27.4 Å². The van der Waals surface area contributed by atoms with Crippen molar-refractivity contribution >= 4 is 28.4 Å². The van der Waals surface area contributed by atoms with Gasteiger partial charge in [0.25, 0.3) is 0 Å². The van der Waals surface area contributed by atoms with Crippen molar-refractivity contribution < 1.29 is 9.59 Å². The van der Waals surface area contributed by atoms with E-state index in [1.165, 1.54) is 12.8 Å². The number of nitrogens with one attached hydrogen (secondary N) is 3. The normalized spacial score (nSPS) is 18.2. The molecule has 0 aliphatic carbocycles. The van der Waals surface area contributed by atoms with Crippen LogP contribution in [0.3, 0.4) is 0 Å². The maximum atomic E-state index is 12.1. The number of benzene rings is 1. The van der Waals surface area contributed by atoms with Crippen LogP contribution in [-0.2, 0) is 9.59 Å². The molecule has 2 amide bonds. The summed E-state index contributed by atoms with van der Waals surface area (Å²) in [7, 11) is 0. The number of hydrogen-bond acceptors (Lipinski definition) is 3. The van der Waals surface area contributed by atoms with Gasteiger partial charge < -0.3 is 20.5 Å². The summed E-state index contributed by atoms with van der Waals surface area (Å²) in [5, 5.41) is 6.29. The number of hydrogen-bond donors (Lipinski definition) is 3. The van der Waals surface area contributed by atoms with Crippen molar-refractivity contribution in [2.45, 2.75) is 26.2 Å². The van der Waals surface area contributed by atoms with E-state index in [1.807, 2.05) is 24.4 Å². The molecule has 1 aromatic carbocycles. The van der Waals surface area contributed by atoms with Gasteiger partial charge in [0.2, 0.25) is 0 Å². The Labute approximate surface area is 148 Å². The Balaban J connectivity index is 1.42. The topological polar surface area (TPSA) is 77.2 Å². The zero-order valence-corrected chi connectivity index (χ0v) is 14.7. The van der Waals surface area contributed by atoms with Gasteiger partial charge in [-0.25, -0.2) is 0 Å². The lowest BCUT2D eigenvalue weighted by Gasteiger charge is -2.30. The molecule has 134 valence electrons. The van der Waals surface area contributed by atoms with Crippen LogP contribution in [-0.4, -0.2) is 47.9 Å². The van der Waals surface area contributed by atoms with E-state index in [4.69, 9.17) is 0 Å². The number of aromatic nitrogens is 1. The lowest BCUT2D eigenvalue weighted by Crippen LogP contribution is -2.39. The fourth-order valence-electron chi connectivity index (χ4n) is 3.45. The monoisotopic (exact) mass is 342 g/mol. The van der Waals surface area contributed by atoms with Crippen LogP contribution in [0.4, 0.5) is 5.69 Å². The lowest BCUT2D eigenvalue weighted by molar-refractivity contribution is -0.136. The molecule has 6 heteroatoms. The Morgan fingerprint density at radius 2 is 2.16 bits per heavy atom. The molecule has 1 aliphatic rings. The van der Waals surface area contributed by atoms with Crippen LogP contribution >= 0.6 is 0 Å². The minimum atomic E-state index is -0.625. The van der Waals surface area contributed by atoms with Crippen LogP contribution in [0, 0.1) is 5.92 Å². The minimum Gasteiger partial charge on any atom is -0.361 e. The summed E-state index contributed by atoms with van der Waals surface area (Å²) in [4.78, 5) is 29.6. The summed E-state index contributed by atoms with van der Waals surface area (Å²) in [6.45, 7) is 6.04. The lowest BCUT2D eigenvalue weighted by atomic mass is 10.0. The standard InChI is InChI=1S/C19H26N4O2/c1-14-5-3-11-23(13-14)12-4-9-21-18(24)19(25)22-17-7-2-6-16-15(17)8-10-20-16/h2,6-8,10,14,20H,3-5,9,11-13H2,1H3,(H,21,24)(H,22,25)/t14-/m1/s1. The molecular weight excluding hydrogens is 316 g/mol. The Bertz CT molecular complexity index is 740.